The molecule has 2 N–H and O–H groups in total. The number of hydrogen-bond acceptors (Lipinski definition) is 6. The fourth-order valence-electron chi connectivity index (χ4n) is 4.97. The maximum absolute atomic E-state index is 13.7. The SMILES string of the molecule is COc1ccc(C(=O)N2CC[C@@H](Cc3ccc(SP(C)(=O)C4(C(N)=O)CCOCC4)cc3)C2)cc1. The molecular weight excluding hydrogens is 483 g/mol. The van der Waals surface area contributed by atoms with E-state index in [4.69, 9.17) is 15.2 Å². The predicted molar refractivity (Wildman–Crippen MR) is 139 cm³/mol. The second kappa shape index (κ2) is 10.8. The number of likely N-dealkylation sites (tertiary alicyclic amines) is 1. The fraction of sp³-hybridized carbons (Fsp3) is 0.462. The Morgan fingerprint density at radius 3 is 2.40 bits per heavy atom. The Morgan fingerprint density at radius 1 is 1.14 bits per heavy atom. The molecule has 4 rings (SSSR count). The normalized spacial score (nSPS) is 21.3. The number of primary amides is 1. The highest BCUT2D eigenvalue weighted by molar-refractivity contribution is 8.58. The lowest BCUT2D eigenvalue weighted by Gasteiger charge is -2.38. The summed E-state index contributed by atoms with van der Waals surface area (Å²) < 4.78 is 24.2. The zero-order valence-corrected chi connectivity index (χ0v) is 22.0. The average molecular weight is 517 g/mol. The molecule has 0 spiro atoms. The first-order valence-corrected chi connectivity index (χ1v) is 15.5. The van der Waals surface area contributed by atoms with Crippen molar-refractivity contribution in [3.05, 3.63) is 59.7 Å². The van der Waals surface area contributed by atoms with E-state index in [-0.39, 0.29) is 5.91 Å². The minimum atomic E-state index is -2.96. The Hall–Kier alpha value is -2.28. The van der Waals surface area contributed by atoms with E-state index in [1.54, 1.807) is 25.9 Å². The highest BCUT2D eigenvalue weighted by atomic mass is 32.7. The number of rotatable bonds is 8. The first-order chi connectivity index (χ1) is 16.7. The molecule has 2 atom stereocenters. The number of carbonyl (C=O) groups is 2. The van der Waals surface area contributed by atoms with Crippen LogP contribution >= 0.6 is 17.7 Å². The summed E-state index contributed by atoms with van der Waals surface area (Å²) in [5, 5.41) is -1.02. The maximum Gasteiger partial charge on any atom is 0.253 e. The number of ether oxygens (including phenoxy) is 2. The van der Waals surface area contributed by atoms with Crippen molar-refractivity contribution in [1.29, 1.82) is 0 Å². The van der Waals surface area contributed by atoms with Crippen LogP contribution in [0.4, 0.5) is 0 Å². The highest BCUT2D eigenvalue weighted by Crippen LogP contribution is 2.70. The van der Waals surface area contributed by atoms with Gasteiger partial charge < -0.3 is 24.7 Å². The molecule has 9 heteroatoms. The molecule has 2 fully saturated rings. The van der Waals surface area contributed by atoms with Gasteiger partial charge in [-0.1, -0.05) is 23.5 Å². The summed E-state index contributed by atoms with van der Waals surface area (Å²) in [6.07, 6.45) is -0.327. The minimum absolute atomic E-state index is 0.0529. The van der Waals surface area contributed by atoms with Crippen LogP contribution in [0.5, 0.6) is 5.75 Å². The first kappa shape index (κ1) is 25.8. The number of nitrogens with zero attached hydrogens (tertiary/aromatic N) is 1. The molecule has 2 aliphatic rings. The highest BCUT2D eigenvalue weighted by Gasteiger charge is 2.51. The second-order valence-corrected chi connectivity index (χ2v) is 15.3. The third-order valence-electron chi connectivity index (χ3n) is 7.19. The number of carbonyl (C=O) groups excluding carboxylic acids is 2. The lowest BCUT2D eigenvalue weighted by atomic mass is 9.98. The van der Waals surface area contributed by atoms with Gasteiger partial charge in [-0.05, 0) is 80.2 Å². The van der Waals surface area contributed by atoms with Gasteiger partial charge in [0, 0.05) is 36.8 Å². The predicted octanol–water partition coefficient (Wildman–Crippen LogP) is 4.43. The lowest BCUT2D eigenvalue weighted by molar-refractivity contribution is -0.122. The molecular formula is C26H33N2O5PS. The second-order valence-electron chi connectivity index (χ2n) is 9.43. The Labute approximate surface area is 210 Å². The molecule has 188 valence electrons. The minimum Gasteiger partial charge on any atom is -0.497 e. The molecule has 2 aromatic carbocycles. The van der Waals surface area contributed by atoms with Crippen LogP contribution in [0.3, 0.4) is 0 Å². The Morgan fingerprint density at radius 2 is 1.80 bits per heavy atom. The van der Waals surface area contributed by atoms with Gasteiger partial charge in [-0.3, -0.25) is 9.59 Å². The number of hydrogen-bond donors (Lipinski definition) is 1. The largest absolute Gasteiger partial charge is 0.497 e. The summed E-state index contributed by atoms with van der Waals surface area (Å²) in [6, 6.07) is 15.3. The van der Waals surface area contributed by atoms with Crippen LogP contribution < -0.4 is 10.5 Å². The molecule has 0 bridgehead atoms. The number of benzene rings is 2. The van der Waals surface area contributed by atoms with Gasteiger partial charge in [-0.15, -0.1) is 0 Å². The van der Waals surface area contributed by atoms with Crippen LogP contribution in [0.15, 0.2) is 53.4 Å². The van der Waals surface area contributed by atoms with Gasteiger partial charge in [0.2, 0.25) is 5.91 Å². The Balaban J connectivity index is 1.35. The van der Waals surface area contributed by atoms with Crippen molar-refractivity contribution in [3.8, 4) is 5.75 Å². The van der Waals surface area contributed by atoms with E-state index in [0.29, 0.717) is 37.5 Å². The van der Waals surface area contributed by atoms with E-state index in [1.807, 2.05) is 29.2 Å². The van der Waals surface area contributed by atoms with Gasteiger partial charge >= 0.3 is 0 Å². The number of amides is 2. The Bertz CT molecular complexity index is 1100. The topological polar surface area (TPSA) is 98.9 Å². The summed E-state index contributed by atoms with van der Waals surface area (Å²) in [6.45, 7) is 3.96. The van der Waals surface area contributed by atoms with Crippen molar-refractivity contribution in [2.45, 2.75) is 35.7 Å². The van der Waals surface area contributed by atoms with Crippen LogP contribution in [0.25, 0.3) is 0 Å². The molecule has 7 nitrogen and oxygen atoms in total. The molecule has 2 amide bonds. The van der Waals surface area contributed by atoms with Crippen molar-refractivity contribution in [3.63, 3.8) is 0 Å². The van der Waals surface area contributed by atoms with Crippen molar-refractivity contribution in [1.82, 2.24) is 4.90 Å². The quantitative estimate of drug-likeness (QED) is 0.521. The maximum atomic E-state index is 13.7. The molecule has 0 radical (unpaired) electrons. The van der Waals surface area contributed by atoms with Crippen molar-refractivity contribution in [2.75, 3.05) is 40.1 Å². The van der Waals surface area contributed by atoms with Gasteiger partial charge in [0.1, 0.15) is 10.9 Å². The monoisotopic (exact) mass is 516 g/mol. The lowest BCUT2D eigenvalue weighted by Crippen LogP contribution is -2.47. The van der Waals surface area contributed by atoms with Gasteiger partial charge in [-0.25, -0.2) is 0 Å². The molecule has 2 aliphatic heterocycles. The van der Waals surface area contributed by atoms with Crippen LogP contribution in [-0.4, -0.2) is 61.9 Å². The smallest absolute Gasteiger partial charge is 0.253 e. The van der Waals surface area contributed by atoms with Crippen molar-refractivity contribution >= 4 is 29.5 Å². The van der Waals surface area contributed by atoms with Gasteiger partial charge in [0.15, 0.2) is 6.34 Å². The molecule has 0 aliphatic carbocycles. The molecule has 1 unspecified atom stereocenters. The molecule has 2 aromatic rings. The van der Waals surface area contributed by atoms with E-state index in [2.05, 4.69) is 12.1 Å². The zero-order chi connectivity index (χ0) is 25.1. The van der Waals surface area contributed by atoms with Crippen LogP contribution in [0, 0.1) is 5.92 Å². The van der Waals surface area contributed by atoms with E-state index >= 15 is 0 Å². The fourth-order valence-corrected chi connectivity index (χ4v) is 10.1. The summed E-state index contributed by atoms with van der Waals surface area (Å²) in [5.41, 5.74) is 7.58. The summed E-state index contributed by atoms with van der Waals surface area (Å²) in [4.78, 5) is 27.9. The van der Waals surface area contributed by atoms with Crippen molar-refractivity contribution in [2.24, 2.45) is 11.7 Å². The van der Waals surface area contributed by atoms with Crippen molar-refractivity contribution < 1.29 is 23.6 Å². The van der Waals surface area contributed by atoms with Gasteiger partial charge in [-0.2, -0.15) is 0 Å². The average Bonchev–Trinajstić information content (AvgIpc) is 3.33. The van der Waals surface area contributed by atoms with E-state index in [1.165, 1.54) is 16.9 Å². The third kappa shape index (κ3) is 5.60. The van der Waals surface area contributed by atoms with Crippen LogP contribution in [0.2, 0.25) is 0 Å². The van der Waals surface area contributed by atoms with Crippen LogP contribution in [0.1, 0.15) is 35.2 Å². The summed E-state index contributed by atoms with van der Waals surface area (Å²) in [5.74, 6) is 0.690. The molecule has 0 aromatic heterocycles. The number of nitrogens with two attached hydrogens (primary N) is 1. The van der Waals surface area contributed by atoms with E-state index in [9.17, 15) is 14.2 Å². The van der Waals surface area contributed by atoms with E-state index in [0.717, 1.165) is 36.6 Å². The zero-order valence-electron chi connectivity index (χ0n) is 20.3. The summed E-state index contributed by atoms with van der Waals surface area (Å²) in [7, 11) is 1.61. The Kier molecular flexibility index (Phi) is 7.94. The van der Waals surface area contributed by atoms with Gasteiger partial charge in [0.05, 0.1) is 7.11 Å². The molecule has 2 saturated heterocycles. The molecule has 0 saturated carbocycles. The third-order valence-corrected chi connectivity index (χ3v) is 13.0. The van der Waals surface area contributed by atoms with Crippen LogP contribution in [-0.2, 0) is 20.5 Å². The molecule has 2 heterocycles. The number of methoxy groups -OCH3 is 1. The van der Waals surface area contributed by atoms with Gasteiger partial charge in [0.25, 0.3) is 5.91 Å². The summed E-state index contributed by atoms with van der Waals surface area (Å²) >= 11 is 1.27. The molecule has 35 heavy (non-hydrogen) atoms. The van der Waals surface area contributed by atoms with E-state index < -0.39 is 17.4 Å². The first-order valence-electron chi connectivity index (χ1n) is 11.9. The standard InChI is InChI=1S/C26H33N2O5PS/c1-32-22-7-5-21(6-8-22)24(29)28-14-11-20(18-28)17-19-3-9-23(10-4-19)35-34(2,31)26(25(27)30)12-15-33-16-13-26/h3-10,20H,11-18H2,1-2H3,(H2,27,30)/t20-,34?/m0/s1.